The van der Waals surface area contributed by atoms with Crippen molar-refractivity contribution >= 4 is 22.9 Å². The summed E-state index contributed by atoms with van der Waals surface area (Å²) in [5, 5.41) is 1.45. The molecule has 302 valence electrons. The molecule has 8 nitrogen and oxygen atoms in total. The first-order chi connectivity index (χ1) is 29.1. The SMILES string of the molecule is COc1cc(Cl)c(Cc2ncc(-c3ccco3)s2)cc1[C@@H]1O[C@H](COCc2ccccc2)[C@@H](OCc2ccccc2)[C@H](OCc2ccccc2)[C@H]1OCc1ccccc1. The van der Waals surface area contributed by atoms with Crippen molar-refractivity contribution in [3.05, 3.63) is 201 Å². The largest absolute Gasteiger partial charge is 0.496 e. The van der Waals surface area contributed by atoms with Crippen molar-refractivity contribution in [2.45, 2.75) is 63.4 Å². The van der Waals surface area contributed by atoms with Crippen molar-refractivity contribution < 1.29 is 32.8 Å². The van der Waals surface area contributed by atoms with Gasteiger partial charge in [0.1, 0.15) is 42.0 Å². The highest BCUT2D eigenvalue weighted by atomic mass is 35.5. The van der Waals surface area contributed by atoms with Crippen LogP contribution in [0.4, 0.5) is 0 Å². The van der Waals surface area contributed by atoms with E-state index < -0.39 is 30.5 Å². The van der Waals surface area contributed by atoms with E-state index in [1.807, 2.05) is 121 Å². The molecular weight excluding hydrogens is 782 g/mol. The normalized spacial score (nSPS) is 19.1. The van der Waals surface area contributed by atoms with Gasteiger partial charge in [0.25, 0.3) is 0 Å². The average Bonchev–Trinajstić information content (AvgIpc) is 4.00. The van der Waals surface area contributed by atoms with E-state index in [1.54, 1.807) is 24.7 Å². The molecule has 1 aliphatic rings. The second-order valence-corrected chi connectivity index (χ2v) is 15.9. The van der Waals surface area contributed by atoms with Gasteiger partial charge in [-0.25, -0.2) is 4.98 Å². The van der Waals surface area contributed by atoms with Gasteiger partial charge in [0.2, 0.25) is 0 Å². The van der Waals surface area contributed by atoms with Crippen LogP contribution in [0, 0.1) is 0 Å². The molecule has 0 radical (unpaired) electrons. The predicted molar refractivity (Wildman–Crippen MR) is 229 cm³/mol. The molecule has 0 aliphatic carbocycles. The molecule has 2 aromatic heterocycles. The fourth-order valence-electron chi connectivity index (χ4n) is 7.28. The molecule has 59 heavy (non-hydrogen) atoms. The van der Waals surface area contributed by atoms with Crippen LogP contribution >= 0.6 is 22.9 Å². The van der Waals surface area contributed by atoms with E-state index in [2.05, 4.69) is 30.3 Å². The maximum atomic E-state index is 7.23. The van der Waals surface area contributed by atoms with E-state index in [9.17, 15) is 0 Å². The summed E-state index contributed by atoms with van der Waals surface area (Å²) in [5.41, 5.74) is 5.78. The molecule has 0 N–H and O–H groups in total. The number of furan rings is 1. The standard InChI is InChI=1S/C49H46ClNO7S/c1-52-42-27-40(50)38(26-45-51-28-44(59-45)41-23-14-24-54-41)25-39(42)46-48(56-31-36-19-10-4-11-20-36)49(57-32-37-21-12-5-13-22-37)47(55-30-35-17-8-3-9-18-35)43(58-46)33-53-29-34-15-6-2-7-16-34/h2-25,27-28,43,46-49H,26,29-33H2,1H3/t43-,46+,47-,48+,49+/m1/s1. The van der Waals surface area contributed by atoms with Crippen LogP contribution in [0.15, 0.2) is 162 Å². The fraction of sp³-hybridized carbons (Fsp3) is 0.245. The number of hydrogen-bond acceptors (Lipinski definition) is 9. The Hall–Kier alpha value is -5.10. The fourth-order valence-corrected chi connectivity index (χ4v) is 8.41. The Kier molecular flexibility index (Phi) is 14.0. The van der Waals surface area contributed by atoms with Crippen molar-refractivity contribution in [1.29, 1.82) is 0 Å². The number of benzene rings is 5. The number of nitrogens with zero attached hydrogens (tertiary/aromatic N) is 1. The molecule has 3 heterocycles. The van der Waals surface area contributed by atoms with Crippen LogP contribution < -0.4 is 4.74 Å². The van der Waals surface area contributed by atoms with Crippen LogP contribution in [-0.2, 0) is 56.5 Å². The Bertz CT molecular complexity index is 2310. The Balaban J connectivity index is 1.18. The van der Waals surface area contributed by atoms with E-state index >= 15 is 0 Å². The van der Waals surface area contributed by atoms with Gasteiger partial charge >= 0.3 is 0 Å². The summed E-state index contributed by atoms with van der Waals surface area (Å²) in [6.45, 7) is 1.63. The molecule has 0 amide bonds. The van der Waals surface area contributed by atoms with E-state index in [-0.39, 0.29) is 6.61 Å². The first kappa shape index (κ1) is 40.7. The maximum absolute atomic E-state index is 7.23. The third kappa shape index (κ3) is 10.6. The zero-order chi connectivity index (χ0) is 40.2. The van der Waals surface area contributed by atoms with E-state index in [1.165, 1.54) is 0 Å². The van der Waals surface area contributed by atoms with E-state index in [4.69, 9.17) is 49.4 Å². The molecular formula is C49H46ClNO7S. The highest BCUT2D eigenvalue weighted by molar-refractivity contribution is 7.15. The van der Waals surface area contributed by atoms with Crippen LogP contribution in [-0.4, -0.2) is 43.1 Å². The molecule has 0 bridgehead atoms. The topological polar surface area (TPSA) is 81.4 Å². The van der Waals surface area contributed by atoms with Crippen LogP contribution in [0.3, 0.4) is 0 Å². The van der Waals surface area contributed by atoms with Gasteiger partial charge < -0.3 is 32.8 Å². The van der Waals surface area contributed by atoms with Gasteiger partial charge in [-0.1, -0.05) is 133 Å². The second-order valence-electron chi connectivity index (χ2n) is 14.3. The number of ether oxygens (including phenoxy) is 6. The quantitative estimate of drug-likeness (QED) is 0.0846. The third-order valence-corrected chi connectivity index (χ3v) is 11.6. The summed E-state index contributed by atoms with van der Waals surface area (Å²) >= 11 is 8.58. The van der Waals surface area contributed by atoms with Crippen molar-refractivity contribution in [2.24, 2.45) is 0 Å². The summed E-state index contributed by atoms with van der Waals surface area (Å²) in [4.78, 5) is 5.66. The number of rotatable bonds is 18. The smallest absolute Gasteiger partial charge is 0.145 e. The van der Waals surface area contributed by atoms with Crippen LogP contribution in [0.25, 0.3) is 10.6 Å². The zero-order valence-corrected chi connectivity index (χ0v) is 34.3. The highest BCUT2D eigenvalue weighted by Crippen LogP contribution is 2.44. The van der Waals surface area contributed by atoms with Gasteiger partial charge in [-0.3, -0.25) is 0 Å². The Labute approximate surface area is 354 Å². The van der Waals surface area contributed by atoms with Gasteiger partial charge in [-0.15, -0.1) is 11.3 Å². The molecule has 7 aromatic rings. The van der Waals surface area contributed by atoms with Gasteiger partial charge in [-0.2, -0.15) is 0 Å². The van der Waals surface area contributed by atoms with E-state index in [0.717, 1.165) is 49.0 Å². The Morgan fingerprint density at radius 3 is 1.76 bits per heavy atom. The molecule has 8 rings (SSSR count). The number of hydrogen-bond donors (Lipinski definition) is 0. The van der Waals surface area contributed by atoms with Gasteiger partial charge in [-0.05, 0) is 52.1 Å². The minimum absolute atomic E-state index is 0.235. The van der Waals surface area contributed by atoms with Crippen LogP contribution in [0.1, 0.15) is 44.5 Å². The number of aromatic nitrogens is 1. The summed E-state index contributed by atoms with van der Waals surface area (Å²) in [6, 6.07) is 48.2. The third-order valence-electron chi connectivity index (χ3n) is 10.2. The van der Waals surface area contributed by atoms with Crippen molar-refractivity contribution in [1.82, 2.24) is 4.98 Å². The molecule has 1 fully saturated rings. The van der Waals surface area contributed by atoms with Crippen molar-refractivity contribution in [3.63, 3.8) is 0 Å². The minimum atomic E-state index is -0.678. The lowest BCUT2D eigenvalue weighted by Crippen LogP contribution is -2.58. The van der Waals surface area contributed by atoms with Crippen molar-refractivity contribution in [3.8, 4) is 16.4 Å². The number of methoxy groups -OCH3 is 1. The molecule has 0 unspecified atom stereocenters. The van der Waals surface area contributed by atoms with Crippen LogP contribution in [0.2, 0.25) is 5.02 Å². The summed E-state index contributed by atoms with van der Waals surface area (Å²) < 4.78 is 46.3. The lowest BCUT2D eigenvalue weighted by Gasteiger charge is -2.46. The molecule has 0 spiro atoms. The maximum Gasteiger partial charge on any atom is 0.145 e. The first-order valence-corrected chi connectivity index (χ1v) is 20.9. The van der Waals surface area contributed by atoms with Crippen LogP contribution in [0.5, 0.6) is 5.75 Å². The Morgan fingerprint density at radius 2 is 1.20 bits per heavy atom. The second kappa shape index (κ2) is 20.2. The minimum Gasteiger partial charge on any atom is -0.496 e. The molecule has 5 atom stereocenters. The number of thiazole rings is 1. The molecule has 1 aliphatic heterocycles. The molecule has 1 saturated heterocycles. The molecule has 10 heteroatoms. The summed E-state index contributed by atoms with van der Waals surface area (Å²) in [7, 11) is 1.64. The molecule has 5 aromatic carbocycles. The van der Waals surface area contributed by atoms with Gasteiger partial charge in [0.15, 0.2) is 0 Å². The van der Waals surface area contributed by atoms with E-state index in [0.29, 0.717) is 43.6 Å². The van der Waals surface area contributed by atoms with Gasteiger partial charge in [0, 0.05) is 23.2 Å². The lowest BCUT2D eigenvalue weighted by atomic mass is 9.89. The summed E-state index contributed by atoms with van der Waals surface area (Å²) in [5.74, 6) is 1.34. The average molecular weight is 828 g/mol. The predicted octanol–water partition coefficient (Wildman–Crippen LogP) is 11.1. The lowest BCUT2D eigenvalue weighted by molar-refractivity contribution is -0.275. The number of halogens is 1. The van der Waals surface area contributed by atoms with Gasteiger partial charge in [0.05, 0.1) is 56.3 Å². The molecule has 0 saturated carbocycles. The Morgan fingerprint density at radius 1 is 0.644 bits per heavy atom. The summed E-state index contributed by atoms with van der Waals surface area (Å²) in [6.07, 6.45) is 0.896. The highest BCUT2D eigenvalue weighted by Gasteiger charge is 2.50. The zero-order valence-electron chi connectivity index (χ0n) is 32.7. The van der Waals surface area contributed by atoms with Crippen molar-refractivity contribution in [2.75, 3.05) is 13.7 Å². The first-order valence-electron chi connectivity index (χ1n) is 19.7. The monoisotopic (exact) mass is 827 g/mol.